The van der Waals surface area contributed by atoms with E-state index >= 15 is 0 Å². The highest BCUT2D eigenvalue weighted by Gasteiger charge is 2.34. The van der Waals surface area contributed by atoms with Crippen molar-refractivity contribution in [1.82, 2.24) is 29.9 Å². The second-order valence-corrected chi connectivity index (χ2v) is 7.70. The highest BCUT2D eigenvalue weighted by Crippen LogP contribution is 2.33. The van der Waals surface area contributed by atoms with Crippen molar-refractivity contribution in [2.75, 3.05) is 14.1 Å². The summed E-state index contributed by atoms with van der Waals surface area (Å²) < 4.78 is 36.0. The third kappa shape index (κ3) is 5.65. The molecule has 0 unspecified atom stereocenters. The lowest BCUT2D eigenvalue weighted by atomic mass is 10.0. The number of H-pyrrole nitrogens is 1. The Labute approximate surface area is 201 Å². The molecule has 0 amide bonds. The van der Waals surface area contributed by atoms with E-state index in [1.807, 2.05) is 41.5 Å². The number of aromatic nitrogens is 5. The summed E-state index contributed by atoms with van der Waals surface area (Å²) in [5, 5.41) is 7.42. The molecule has 0 aliphatic rings. The third-order valence-corrected chi connectivity index (χ3v) is 5.44. The van der Waals surface area contributed by atoms with Crippen LogP contribution in [0.3, 0.4) is 0 Å². The number of alkyl halides is 3. The molecule has 4 aromatic heterocycles. The van der Waals surface area contributed by atoms with Gasteiger partial charge < -0.3 is 10.3 Å². The van der Waals surface area contributed by atoms with Crippen molar-refractivity contribution in [2.45, 2.75) is 32.5 Å². The first-order chi connectivity index (χ1) is 16.7. The van der Waals surface area contributed by atoms with E-state index in [-0.39, 0.29) is 0 Å². The number of halogens is 3. The first kappa shape index (κ1) is 25.8. The maximum Gasteiger partial charge on any atom is 0.403 e. The number of hydrogen-bond acceptors (Lipinski definition) is 5. The number of nitrogens with zero attached hydrogens (tertiary/aromatic N) is 5. The minimum absolute atomic E-state index is 0.804. The lowest BCUT2D eigenvalue weighted by molar-refractivity contribution is -0.150. The van der Waals surface area contributed by atoms with Crippen LogP contribution < -0.4 is 5.32 Å². The van der Waals surface area contributed by atoms with Gasteiger partial charge in [-0.05, 0) is 38.1 Å². The second kappa shape index (κ2) is 11.1. The molecule has 4 rings (SSSR count). The van der Waals surface area contributed by atoms with Crippen LogP contribution in [0.5, 0.6) is 0 Å². The van der Waals surface area contributed by atoms with Gasteiger partial charge in [0.05, 0.1) is 22.8 Å². The van der Waals surface area contributed by atoms with E-state index in [0.29, 0.717) is 0 Å². The Bertz CT molecular complexity index is 1360. The van der Waals surface area contributed by atoms with Crippen LogP contribution >= 0.6 is 0 Å². The Morgan fingerprint density at radius 2 is 2.11 bits per heavy atom. The van der Waals surface area contributed by atoms with Gasteiger partial charge in [0.2, 0.25) is 0 Å². The largest absolute Gasteiger partial charge is 0.403 e. The van der Waals surface area contributed by atoms with Crippen LogP contribution in [0.2, 0.25) is 0 Å². The van der Waals surface area contributed by atoms with Gasteiger partial charge in [-0.2, -0.15) is 18.3 Å². The average Bonchev–Trinajstić information content (AvgIpc) is 3.46. The maximum absolute atomic E-state index is 11.4. The summed E-state index contributed by atoms with van der Waals surface area (Å²) in [7, 11) is 3.04. The van der Waals surface area contributed by atoms with Gasteiger partial charge in [0.1, 0.15) is 18.0 Å². The Hall–Kier alpha value is -3.79. The minimum Gasteiger partial charge on any atom is -0.345 e. The first-order valence-electron chi connectivity index (χ1n) is 11.0. The molecule has 0 saturated heterocycles. The molecule has 0 radical (unpaired) electrons. The van der Waals surface area contributed by atoms with Crippen LogP contribution in [0.15, 0.2) is 54.7 Å². The zero-order valence-electron chi connectivity index (χ0n) is 20.1. The molecule has 0 aromatic carbocycles. The van der Waals surface area contributed by atoms with Crippen molar-refractivity contribution >= 4 is 34.4 Å². The molecule has 10 heteroatoms. The molecule has 0 aliphatic carbocycles. The molecule has 184 valence electrons. The molecular formula is C25H28F3N7. The fraction of sp³-hybridized carbons (Fsp3) is 0.280. The Morgan fingerprint density at radius 3 is 2.71 bits per heavy atom. The van der Waals surface area contributed by atoms with Gasteiger partial charge in [0.25, 0.3) is 0 Å². The van der Waals surface area contributed by atoms with Gasteiger partial charge in [0, 0.05) is 42.4 Å². The van der Waals surface area contributed by atoms with Crippen LogP contribution in [0, 0.1) is 0 Å². The fourth-order valence-electron chi connectivity index (χ4n) is 3.47. The highest BCUT2D eigenvalue weighted by molar-refractivity contribution is 6.15. The van der Waals surface area contributed by atoms with Crippen molar-refractivity contribution in [3.8, 4) is 11.1 Å². The summed E-state index contributed by atoms with van der Waals surface area (Å²) in [4.78, 5) is 16.4. The molecule has 0 fully saturated rings. The molecule has 4 aromatic rings. The molecule has 0 spiro atoms. The quantitative estimate of drug-likeness (QED) is 0.352. The summed E-state index contributed by atoms with van der Waals surface area (Å²) in [5.41, 5.74) is 6.79. The summed E-state index contributed by atoms with van der Waals surface area (Å²) >= 11 is 0. The van der Waals surface area contributed by atoms with Crippen molar-refractivity contribution in [1.29, 1.82) is 0 Å². The lowest BCUT2D eigenvalue weighted by Gasteiger charge is -2.13. The molecule has 2 N–H and O–H groups in total. The van der Waals surface area contributed by atoms with E-state index in [4.69, 9.17) is 0 Å². The molecule has 0 bridgehead atoms. The molecule has 0 aliphatic heterocycles. The molecule has 35 heavy (non-hydrogen) atoms. The van der Waals surface area contributed by atoms with Gasteiger partial charge in [-0.25, -0.2) is 14.5 Å². The first-order valence-corrected chi connectivity index (χ1v) is 11.0. The number of fused-ring (bicyclic) bond motifs is 2. The fourth-order valence-corrected chi connectivity index (χ4v) is 3.47. The molecule has 4 heterocycles. The second-order valence-electron chi connectivity index (χ2n) is 7.70. The molecular weight excluding hydrogens is 455 g/mol. The van der Waals surface area contributed by atoms with Gasteiger partial charge in [0.15, 0.2) is 0 Å². The number of aliphatic imine (C=N–C) groups is 1. The number of hydrogen-bond donors (Lipinski definition) is 2. The molecule has 7 nitrogen and oxygen atoms in total. The van der Waals surface area contributed by atoms with Gasteiger partial charge >= 0.3 is 6.18 Å². The zero-order valence-corrected chi connectivity index (χ0v) is 20.1. The Balaban J connectivity index is 0.000000371. The summed E-state index contributed by atoms with van der Waals surface area (Å²) in [6.45, 7) is 7.04. The predicted molar refractivity (Wildman–Crippen MR) is 135 cm³/mol. The SMILES string of the molecule is C=Cc1cnn2ccc(-c3c[nH]c4ncnc(/C(C=NC)=C/CC)c34)cc12.CN[C@H](C)C(F)(F)F. The topological polar surface area (TPSA) is 83.3 Å². The molecule has 0 saturated carbocycles. The van der Waals surface area contributed by atoms with E-state index in [0.717, 1.165) is 57.9 Å². The van der Waals surface area contributed by atoms with Crippen molar-refractivity contribution < 1.29 is 13.2 Å². The van der Waals surface area contributed by atoms with Gasteiger partial charge in [-0.15, -0.1) is 0 Å². The smallest absolute Gasteiger partial charge is 0.345 e. The lowest BCUT2D eigenvalue weighted by Crippen LogP contribution is -2.36. The van der Waals surface area contributed by atoms with Crippen LogP contribution in [0.1, 0.15) is 31.5 Å². The van der Waals surface area contributed by atoms with Crippen molar-refractivity contribution in [3.05, 3.63) is 61.0 Å². The number of aromatic amines is 1. The summed E-state index contributed by atoms with van der Waals surface area (Å²) in [6.07, 6.45) is 9.92. The van der Waals surface area contributed by atoms with Gasteiger partial charge in [-0.1, -0.05) is 25.7 Å². The highest BCUT2D eigenvalue weighted by atomic mass is 19.4. The number of pyridine rings is 1. The van der Waals surface area contributed by atoms with E-state index in [1.165, 1.54) is 7.05 Å². The molecule has 1 atom stereocenters. The monoisotopic (exact) mass is 483 g/mol. The number of rotatable bonds is 6. The van der Waals surface area contributed by atoms with Crippen LogP contribution in [-0.4, -0.2) is 57.1 Å². The summed E-state index contributed by atoms with van der Waals surface area (Å²) in [5.74, 6) is 0. The third-order valence-electron chi connectivity index (χ3n) is 5.44. The van der Waals surface area contributed by atoms with Crippen LogP contribution in [0.25, 0.3) is 39.3 Å². The average molecular weight is 484 g/mol. The maximum atomic E-state index is 11.4. The van der Waals surface area contributed by atoms with E-state index in [1.54, 1.807) is 13.4 Å². The van der Waals surface area contributed by atoms with Gasteiger partial charge in [-0.3, -0.25) is 4.99 Å². The standard InChI is InChI=1S/C21H20N6.C4H8F3N/c1-4-6-16(10-22-3)20-19-17(12-23-21(19)25-13-24-20)15-7-8-27-18(9-15)14(5-2)11-26-27;1-3(8-2)4(5,6)7/h5-13H,2,4H2,1,3H3,(H,23,24,25);3,8H,1-2H3/b16-6+,22-10?;/t;3-/m.1/s1. The number of nitrogens with one attached hydrogen (secondary N) is 2. The van der Waals surface area contributed by atoms with Crippen molar-refractivity contribution in [3.63, 3.8) is 0 Å². The van der Waals surface area contributed by atoms with Crippen molar-refractivity contribution in [2.24, 2.45) is 4.99 Å². The van der Waals surface area contributed by atoms with E-state index < -0.39 is 12.2 Å². The van der Waals surface area contributed by atoms with E-state index in [9.17, 15) is 13.2 Å². The van der Waals surface area contributed by atoms with Crippen LogP contribution in [0.4, 0.5) is 13.2 Å². The normalized spacial score (nSPS) is 13.3. The number of allylic oxidation sites excluding steroid dienone is 2. The van der Waals surface area contributed by atoms with Crippen LogP contribution in [-0.2, 0) is 0 Å². The Morgan fingerprint density at radius 1 is 1.34 bits per heavy atom. The Kier molecular flexibility index (Phi) is 8.18. The predicted octanol–water partition coefficient (Wildman–Crippen LogP) is 5.57. The summed E-state index contributed by atoms with van der Waals surface area (Å²) in [6, 6.07) is 2.76. The zero-order chi connectivity index (χ0) is 25.6. The minimum atomic E-state index is -4.10. The van der Waals surface area contributed by atoms with E-state index in [2.05, 4.69) is 56.0 Å².